The summed E-state index contributed by atoms with van der Waals surface area (Å²) in [5.74, 6) is -0.315. The van der Waals surface area contributed by atoms with Gasteiger partial charge in [-0.1, -0.05) is 78.3 Å². The zero-order valence-corrected chi connectivity index (χ0v) is 21.1. The van der Waals surface area contributed by atoms with Gasteiger partial charge in [-0.15, -0.1) is 0 Å². The van der Waals surface area contributed by atoms with Gasteiger partial charge in [0.1, 0.15) is 0 Å². The van der Waals surface area contributed by atoms with Gasteiger partial charge in [-0.25, -0.2) is 4.79 Å². The molecular formula is C31H29ClN2O2. The lowest BCUT2D eigenvalue weighted by atomic mass is 9.98. The number of nitrogens with zero attached hydrogens (tertiary/aromatic N) is 2. The van der Waals surface area contributed by atoms with Crippen LogP contribution in [0.5, 0.6) is 0 Å². The molecule has 0 N–H and O–H groups in total. The van der Waals surface area contributed by atoms with Gasteiger partial charge in [0.25, 0.3) is 0 Å². The van der Waals surface area contributed by atoms with E-state index in [1.54, 1.807) is 0 Å². The zero-order chi connectivity index (χ0) is 24.9. The summed E-state index contributed by atoms with van der Waals surface area (Å²) >= 11 is 6.10. The largest absolute Gasteiger partial charge is 0.465 e. The fourth-order valence-electron chi connectivity index (χ4n) is 4.85. The Labute approximate surface area is 217 Å². The van der Waals surface area contributed by atoms with Crippen molar-refractivity contribution in [1.82, 2.24) is 4.90 Å². The smallest absolute Gasteiger partial charge is 0.338 e. The molecule has 5 heteroatoms. The summed E-state index contributed by atoms with van der Waals surface area (Å²) in [6.07, 6.45) is 0. The summed E-state index contributed by atoms with van der Waals surface area (Å²) in [5.41, 5.74) is 7.39. The van der Waals surface area contributed by atoms with Crippen LogP contribution in [0.15, 0.2) is 97.1 Å². The lowest BCUT2D eigenvalue weighted by Gasteiger charge is -2.36. The van der Waals surface area contributed by atoms with Gasteiger partial charge in [0.05, 0.1) is 12.7 Å². The second-order valence-electron chi connectivity index (χ2n) is 9.01. The summed E-state index contributed by atoms with van der Waals surface area (Å²) in [5, 5.41) is 0.752. The third kappa shape index (κ3) is 5.30. The van der Waals surface area contributed by atoms with E-state index in [0.717, 1.165) is 54.6 Å². The summed E-state index contributed by atoms with van der Waals surface area (Å²) < 4.78 is 5.04. The number of halogens is 1. The van der Waals surface area contributed by atoms with Crippen LogP contribution in [-0.4, -0.2) is 44.2 Å². The van der Waals surface area contributed by atoms with Gasteiger partial charge in [0.15, 0.2) is 0 Å². The standard InChI is InChI=1S/C31H29ClN2O2/c1-36-31(35)29-16-15-27(21-30(29)23-7-3-2-4-8-23)34-19-17-33(18-20-34)22-25-9-5-6-10-28(25)24-11-13-26(32)14-12-24/h2-16,21H,17-20,22H2,1H3. The van der Waals surface area contributed by atoms with E-state index >= 15 is 0 Å². The van der Waals surface area contributed by atoms with E-state index in [0.29, 0.717) is 5.56 Å². The Morgan fingerprint density at radius 2 is 1.44 bits per heavy atom. The maximum Gasteiger partial charge on any atom is 0.338 e. The first kappa shape index (κ1) is 24.1. The number of hydrogen-bond donors (Lipinski definition) is 0. The van der Waals surface area contributed by atoms with Crippen LogP contribution >= 0.6 is 11.6 Å². The molecule has 0 spiro atoms. The Morgan fingerprint density at radius 3 is 2.17 bits per heavy atom. The van der Waals surface area contributed by atoms with Crippen LogP contribution in [0.3, 0.4) is 0 Å². The quantitative estimate of drug-likeness (QED) is 0.275. The molecule has 1 aliphatic rings. The van der Waals surface area contributed by atoms with E-state index in [4.69, 9.17) is 16.3 Å². The molecule has 1 heterocycles. The summed E-state index contributed by atoms with van der Waals surface area (Å²) in [6.45, 7) is 4.69. The number of esters is 1. The van der Waals surface area contributed by atoms with Gasteiger partial charge in [0.2, 0.25) is 0 Å². The molecule has 36 heavy (non-hydrogen) atoms. The minimum absolute atomic E-state index is 0.315. The normalized spacial score (nSPS) is 14.0. The molecular weight excluding hydrogens is 468 g/mol. The van der Waals surface area contributed by atoms with Crippen LogP contribution in [0.4, 0.5) is 5.69 Å². The second kappa shape index (κ2) is 11.0. The zero-order valence-electron chi connectivity index (χ0n) is 20.4. The lowest BCUT2D eigenvalue weighted by Crippen LogP contribution is -2.46. The molecule has 4 nitrogen and oxygen atoms in total. The van der Waals surface area contributed by atoms with E-state index < -0.39 is 0 Å². The number of carbonyl (C=O) groups excluding carboxylic acids is 1. The van der Waals surface area contributed by atoms with Crippen molar-refractivity contribution in [3.05, 3.63) is 113 Å². The van der Waals surface area contributed by atoms with Crippen LogP contribution in [0.25, 0.3) is 22.3 Å². The molecule has 0 aromatic heterocycles. The van der Waals surface area contributed by atoms with Crippen molar-refractivity contribution in [1.29, 1.82) is 0 Å². The number of piperazine rings is 1. The molecule has 0 aliphatic carbocycles. The van der Waals surface area contributed by atoms with Crippen molar-refractivity contribution < 1.29 is 9.53 Å². The molecule has 4 aromatic rings. The van der Waals surface area contributed by atoms with Crippen LogP contribution < -0.4 is 4.90 Å². The maximum atomic E-state index is 12.4. The molecule has 1 fully saturated rings. The average molecular weight is 497 g/mol. The Balaban J connectivity index is 1.31. The van der Waals surface area contributed by atoms with Crippen molar-refractivity contribution in [3.63, 3.8) is 0 Å². The predicted molar refractivity (Wildman–Crippen MR) is 148 cm³/mol. The van der Waals surface area contributed by atoms with E-state index in [9.17, 15) is 4.79 Å². The first-order chi connectivity index (χ1) is 17.6. The van der Waals surface area contributed by atoms with Crippen molar-refractivity contribution in [3.8, 4) is 22.3 Å². The van der Waals surface area contributed by atoms with E-state index in [-0.39, 0.29) is 5.97 Å². The minimum atomic E-state index is -0.315. The molecule has 0 unspecified atom stereocenters. The third-order valence-corrected chi connectivity index (χ3v) is 7.05. The fraction of sp³-hybridized carbons (Fsp3) is 0.194. The Hall–Kier alpha value is -3.60. The number of hydrogen-bond acceptors (Lipinski definition) is 4. The topological polar surface area (TPSA) is 32.8 Å². The van der Waals surface area contributed by atoms with Crippen molar-refractivity contribution in [2.45, 2.75) is 6.54 Å². The molecule has 182 valence electrons. The number of benzene rings is 4. The number of rotatable bonds is 6. The van der Waals surface area contributed by atoms with Gasteiger partial charge in [-0.2, -0.15) is 0 Å². The lowest BCUT2D eigenvalue weighted by molar-refractivity contribution is 0.0601. The Morgan fingerprint density at radius 1 is 0.778 bits per heavy atom. The monoisotopic (exact) mass is 496 g/mol. The van der Waals surface area contributed by atoms with Gasteiger partial charge in [0, 0.05) is 43.4 Å². The van der Waals surface area contributed by atoms with Crippen molar-refractivity contribution in [2.24, 2.45) is 0 Å². The highest BCUT2D eigenvalue weighted by molar-refractivity contribution is 6.30. The third-order valence-electron chi connectivity index (χ3n) is 6.80. The summed E-state index contributed by atoms with van der Waals surface area (Å²) in [7, 11) is 1.43. The SMILES string of the molecule is COC(=O)c1ccc(N2CCN(Cc3ccccc3-c3ccc(Cl)cc3)CC2)cc1-c1ccccc1. The first-order valence-corrected chi connectivity index (χ1v) is 12.6. The molecule has 1 saturated heterocycles. The molecule has 1 aliphatic heterocycles. The Bertz CT molecular complexity index is 1330. The summed E-state index contributed by atoms with van der Waals surface area (Å²) in [6, 6.07) is 32.7. The highest BCUT2D eigenvalue weighted by Crippen LogP contribution is 2.31. The van der Waals surface area contributed by atoms with E-state index in [2.05, 4.69) is 52.3 Å². The van der Waals surface area contributed by atoms with E-state index in [1.165, 1.54) is 23.8 Å². The van der Waals surface area contributed by atoms with Gasteiger partial charge >= 0.3 is 5.97 Å². The maximum absolute atomic E-state index is 12.4. The van der Waals surface area contributed by atoms with E-state index in [1.807, 2.05) is 54.6 Å². The molecule has 0 saturated carbocycles. The van der Waals surface area contributed by atoms with Crippen molar-refractivity contribution >= 4 is 23.3 Å². The average Bonchev–Trinajstić information content (AvgIpc) is 2.94. The minimum Gasteiger partial charge on any atom is -0.465 e. The summed E-state index contributed by atoms with van der Waals surface area (Å²) in [4.78, 5) is 17.3. The number of ether oxygens (including phenoxy) is 1. The first-order valence-electron chi connectivity index (χ1n) is 12.2. The number of carbonyl (C=O) groups is 1. The molecule has 0 atom stereocenters. The Kier molecular flexibility index (Phi) is 7.36. The molecule has 0 amide bonds. The highest BCUT2D eigenvalue weighted by Gasteiger charge is 2.21. The second-order valence-corrected chi connectivity index (χ2v) is 9.45. The van der Waals surface area contributed by atoms with Crippen LogP contribution in [0.1, 0.15) is 15.9 Å². The number of methoxy groups -OCH3 is 1. The molecule has 0 radical (unpaired) electrons. The van der Waals surface area contributed by atoms with Gasteiger partial charge in [-0.3, -0.25) is 4.90 Å². The van der Waals surface area contributed by atoms with Crippen LogP contribution in [0.2, 0.25) is 5.02 Å². The van der Waals surface area contributed by atoms with Gasteiger partial charge in [-0.05, 0) is 58.1 Å². The fourth-order valence-corrected chi connectivity index (χ4v) is 4.97. The molecule has 5 rings (SSSR count). The predicted octanol–water partition coefficient (Wildman–Crippen LogP) is 6.78. The molecule has 0 bridgehead atoms. The van der Waals surface area contributed by atoms with Crippen LogP contribution in [0, 0.1) is 0 Å². The van der Waals surface area contributed by atoms with Crippen LogP contribution in [-0.2, 0) is 11.3 Å². The van der Waals surface area contributed by atoms with Crippen molar-refractivity contribution in [2.75, 3.05) is 38.2 Å². The van der Waals surface area contributed by atoms with Gasteiger partial charge < -0.3 is 9.64 Å². The number of anilines is 1. The highest BCUT2D eigenvalue weighted by atomic mass is 35.5. The molecule has 4 aromatic carbocycles.